The van der Waals surface area contributed by atoms with Crippen LogP contribution in [0.5, 0.6) is 0 Å². The maximum absolute atomic E-state index is 13.1. The minimum absolute atomic E-state index is 0.00884. The largest absolute Gasteiger partial charge is 0.478 e. The Morgan fingerprint density at radius 3 is 2.71 bits per heavy atom. The Balaban J connectivity index is 3.42. The van der Waals surface area contributed by atoms with Crippen molar-refractivity contribution < 1.29 is 14.3 Å². The smallest absolute Gasteiger partial charge is 0.336 e. The maximum atomic E-state index is 13.1. The van der Waals surface area contributed by atoms with Crippen molar-refractivity contribution in [1.82, 2.24) is 0 Å². The van der Waals surface area contributed by atoms with Crippen LogP contribution in [0.2, 0.25) is 0 Å². The van der Waals surface area contributed by atoms with Crippen molar-refractivity contribution in [3.63, 3.8) is 0 Å². The van der Waals surface area contributed by atoms with E-state index in [0.29, 0.717) is 12.0 Å². The first-order valence-corrected chi connectivity index (χ1v) is 4.06. The first kappa shape index (κ1) is 10.2. The summed E-state index contributed by atoms with van der Waals surface area (Å²) in [6.45, 7) is 1.73. The maximum Gasteiger partial charge on any atom is 0.336 e. The summed E-state index contributed by atoms with van der Waals surface area (Å²) in [5, 5.41) is 17.3. The molecule has 72 valence electrons. The van der Waals surface area contributed by atoms with Crippen LogP contribution < -0.4 is 0 Å². The molecule has 1 aromatic rings. The first-order chi connectivity index (χ1) is 6.60. The van der Waals surface area contributed by atoms with Crippen LogP contribution in [0.4, 0.5) is 4.39 Å². The Morgan fingerprint density at radius 2 is 2.29 bits per heavy atom. The minimum Gasteiger partial charge on any atom is -0.478 e. The van der Waals surface area contributed by atoms with Gasteiger partial charge in [0.1, 0.15) is 11.9 Å². The Morgan fingerprint density at radius 1 is 1.64 bits per heavy atom. The molecular formula is C10H8FNO2. The van der Waals surface area contributed by atoms with E-state index >= 15 is 0 Å². The van der Waals surface area contributed by atoms with Crippen LogP contribution in [0.15, 0.2) is 12.1 Å². The number of carboxylic acid groups (broad SMARTS) is 1. The fourth-order valence-electron chi connectivity index (χ4n) is 1.19. The van der Waals surface area contributed by atoms with Gasteiger partial charge in [-0.3, -0.25) is 0 Å². The van der Waals surface area contributed by atoms with E-state index in [9.17, 15) is 9.18 Å². The molecule has 3 nitrogen and oxygen atoms in total. The summed E-state index contributed by atoms with van der Waals surface area (Å²) >= 11 is 0. The zero-order chi connectivity index (χ0) is 10.7. The van der Waals surface area contributed by atoms with Crippen molar-refractivity contribution in [3.05, 3.63) is 34.6 Å². The van der Waals surface area contributed by atoms with Gasteiger partial charge in [0.25, 0.3) is 0 Å². The molecule has 14 heavy (non-hydrogen) atoms. The van der Waals surface area contributed by atoms with Gasteiger partial charge in [-0.05, 0) is 24.1 Å². The van der Waals surface area contributed by atoms with Gasteiger partial charge in [-0.2, -0.15) is 5.26 Å². The van der Waals surface area contributed by atoms with Crippen molar-refractivity contribution in [2.45, 2.75) is 13.3 Å². The average molecular weight is 193 g/mol. The SMILES string of the molecule is CCc1cc(F)c(C#N)cc1C(=O)O. The van der Waals surface area contributed by atoms with Crippen LogP contribution in [0.1, 0.15) is 28.4 Å². The molecular weight excluding hydrogens is 185 g/mol. The van der Waals surface area contributed by atoms with Crippen molar-refractivity contribution >= 4 is 5.97 Å². The van der Waals surface area contributed by atoms with Gasteiger partial charge in [0, 0.05) is 0 Å². The highest BCUT2D eigenvalue weighted by Gasteiger charge is 2.13. The van der Waals surface area contributed by atoms with E-state index in [1.165, 1.54) is 0 Å². The average Bonchev–Trinajstić information content (AvgIpc) is 2.16. The molecule has 0 aromatic heterocycles. The van der Waals surface area contributed by atoms with Crippen LogP contribution >= 0.6 is 0 Å². The fourth-order valence-corrected chi connectivity index (χ4v) is 1.19. The van der Waals surface area contributed by atoms with E-state index in [0.717, 1.165) is 12.1 Å². The highest BCUT2D eigenvalue weighted by molar-refractivity contribution is 5.89. The Bertz CT molecular complexity index is 421. The molecule has 0 aliphatic heterocycles. The zero-order valence-electron chi connectivity index (χ0n) is 7.54. The van der Waals surface area contributed by atoms with E-state index < -0.39 is 11.8 Å². The normalized spacial score (nSPS) is 9.50. The number of hydrogen-bond acceptors (Lipinski definition) is 2. The first-order valence-electron chi connectivity index (χ1n) is 4.06. The van der Waals surface area contributed by atoms with Gasteiger partial charge in [-0.25, -0.2) is 9.18 Å². The molecule has 1 aromatic carbocycles. The summed E-state index contributed by atoms with van der Waals surface area (Å²) in [5.74, 6) is -1.81. The number of benzene rings is 1. The summed E-state index contributed by atoms with van der Waals surface area (Å²) in [6, 6.07) is 3.77. The summed E-state index contributed by atoms with van der Waals surface area (Å²) in [5.41, 5.74) is 0.152. The predicted octanol–water partition coefficient (Wildman–Crippen LogP) is 1.96. The van der Waals surface area contributed by atoms with Crippen molar-refractivity contribution in [1.29, 1.82) is 5.26 Å². The van der Waals surface area contributed by atoms with Gasteiger partial charge in [-0.1, -0.05) is 6.92 Å². The van der Waals surface area contributed by atoms with Crippen LogP contribution in [0.25, 0.3) is 0 Å². The lowest BCUT2D eigenvalue weighted by Crippen LogP contribution is -2.04. The number of aromatic carboxylic acids is 1. The lowest BCUT2D eigenvalue weighted by atomic mass is 10.0. The molecule has 0 spiro atoms. The van der Waals surface area contributed by atoms with E-state index in [4.69, 9.17) is 10.4 Å². The lowest BCUT2D eigenvalue weighted by molar-refractivity contribution is 0.0695. The molecule has 0 saturated carbocycles. The molecule has 0 bridgehead atoms. The quantitative estimate of drug-likeness (QED) is 0.780. The van der Waals surface area contributed by atoms with Gasteiger partial charge in [0.2, 0.25) is 0 Å². The van der Waals surface area contributed by atoms with E-state index in [1.807, 2.05) is 0 Å². The summed E-state index contributed by atoms with van der Waals surface area (Å²) in [6.07, 6.45) is 0.421. The molecule has 1 N–H and O–H groups in total. The van der Waals surface area contributed by atoms with Crippen LogP contribution in [-0.4, -0.2) is 11.1 Å². The number of carboxylic acids is 1. The number of nitrogens with zero attached hydrogens (tertiary/aromatic N) is 1. The minimum atomic E-state index is -1.14. The van der Waals surface area contributed by atoms with Crippen LogP contribution in [-0.2, 0) is 6.42 Å². The number of hydrogen-bond donors (Lipinski definition) is 1. The second-order valence-corrected chi connectivity index (χ2v) is 2.76. The molecule has 0 aliphatic carbocycles. The number of nitriles is 1. The molecule has 0 atom stereocenters. The molecule has 0 radical (unpaired) electrons. The van der Waals surface area contributed by atoms with Crippen molar-refractivity contribution in [2.75, 3.05) is 0 Å². The molecule has 0 fully saturated rings. The highest BCUT2D eigenvalue weighted by atomic mass is 19.1. The molecule has 0 saturated heterocycles. The third-order valence-electron chi connectivity index (χ3n) is 1.92. The molecule has 4 heteroatoms. The van der Waals surface area contributed by atoms with Crippen molar-refractivity contribution in [3.8, 4) is 6.07 Å². The third kappa shape index (κ3) is 1.72. The monoisotopic (exact) mass is 193 g/mol. The Labute approximate surface area is 80.4 Å². The summed E-state index contributed by atoms with van der Waals surface area (Å²) in [4.78, 5) is 10.7. The molecule has 0 amide bonds. The van der Waals surface area contributed by atoms with Crippen LogP contribution in [0, 0.1) is 17.1 Å². The molecule has 1 rings (SSSR count). The number of carbonyl (C=O) groups is 1. The summed E-state index contributed by atoms with van der Waals surface area (Å²) < 4.78 is 13.1. The zero-order valence-corrected chi connectivity index (χ0v) is 7.54. The topological polar surface area (TPSA) is 61.1 Å². The van der Waals surface area contributed by atoms with Gasteiger partial charge in [0.15, 0.2) is 0 Å². The number of halogens is 1. The fraction of sp³-hybridized carbons (Fsp3) is 0.200. The lowest BCUT2D eigenvalue weighted by Gasteiger charge is -2.04. The van der Waals surface area contributed by atoms with E-state index in [2.05, 4.69) is 0 Å². The number of rotatable bonds is 2. The van der Waals surface area contributed by atoms with E-state index in [-0.39, 0.29) is 11.1 Å². The van der Waals surface area contributed by atoms with Gasteiger partial charge in [-0.15, -0.1) is 0 Å². The standard InChI is InChI=1S/C10H8FNO2/c1-2-6-4-9(11)7(5-12)3-8(6)10(13)14/h3-4H,2H2,1H3,(H,13,14). The molecule has 0 unspecified atom stereocenters. The second kappa shape index (κ2) is 3.88. The number of aryl methyl sites for hydroxylation is 1. The second-order valence-electron chi connectivity index (χ2n) is 2.76. The Hall–Kier alpha value is -1.89. The highest BCUT2D eigenvalue weighted by Crippen LogP contribution is 2.16. The van der Waals surface area contributed by atoms with E-state index in [1.54, 1.807) is 13.0 Å². The van der Waals surface area contributed by atoms with Gasteiger partial charge >= 0.3 is 5.97 Å². The van der Waals surface area contributed by atoms with Crippen LogP contribution in [0.3, 0.4) is 0 Å². The predicted molar refractivity (Wildman–Crippen MR) is 47.5 cm³/mol. The molecule has 0 heterocycles. The third-order valence-corrected chi connectivity index (χ3v) is 1.92. The summed E-state index contributed by atoms with van der Waals surface area (Å²) in [7, 11) is 0. The van der Waals surface area contributed by atoms with Gasteiger partial charge in [0.05, 0.1) is 11.1 Å². The Kier molecular flexibility index (Phi) is 2.82. The van der Waals surface area contributed by atoms with Gasteiger partial charge < -0.3 is 5.11 Å². The van der Waals surface area contributed by atoms with Crippen molar-refractivity contribution in [2.24, 2.45) is 0 Å². The molecule has 0 aliphatic rings.